The third-order valence-electron chi connectivity index (χ3n) is 3.15. The molecule has 0 bridgehead atoms. The lowest BCUT2D eigenvalue weighted by Gasteiger charge is -1.94. The summed E-state index contributed by atoms with van der Waals surface area (Å²) in [6.45, 7) is 0. The summed E-state index contributed by atoms with van der Waals surface area (Å²) in [5, 5.41) is 9.81. The van der Waals surface area contributed by atoms with Gasteiger partial charge < -0.3 is 4.42 Å². The normalized spacial score (nSPS) is 11.2. The molecule has 0 fully saturated rings. The van der Waals surface area contributed by atoms with Crippen molar-refractivity contribution in [2.75, 3.05) is 0 Å². The first-order valence-electron chi connectivity index (χ1n) is 6.84. The second-order valence-corrected chi connectivity index (χ2v) is 7.70. The van der Waals surface area contributed by atoms with Crippen LogP contribution in [0.15, 0.2) is 62.6 Å². The maximum Gasteiger partial charge on any atom is 0.277 e. The Hall–Kier alpha value is -1.70. The van der Waals surface area contributed by atoms with Crippen molar-refractivity contribution < 1.29 is 4.42 Å². The van der Waals surface area contributed by atoms with Gasteiger partial charge in [-0.2, -0.15) is 0 Å². The quantitative estimate of drug-likeness (QED) is 0.426. The van der Waals surface area contributed by atoms with Gasteiger partial charge in [0.2, 0.25) is 5.89 Å². The lowest BCUT2D eigenvalue weighted by molar-refractivity contribution is 0.466. The summed E-state index contributed by atoms with van der Waals surface area (Å²) < 4.78 is 7.93. The Balaban J connectivity index is 1.48. The van der Waals surface area contributed by atoms with Gasteiger partial charge >= 0.3 is 0 Å². The molecule has 0 unspecified atom stereocenters. The predicted molar refractivity (Wildman–Crippen MR) is 96.6 cm³/mol. The summed E-state index contributed by atoms with van der Waals surface area (Å²) in [6.07, 6.45) is 0. The molecule has 4 nitrogen and oxygen atoms in total. The summed E-state index contributed by atoms with van der Waals surface area (Å²) in [5.74, 6) is 1.26. The number of benzene rings is 2. The van der Waals surface area contributed by atoms with Gasteiger partial charge in [0.25, 0.3) is 5.22 Å². The molecule has 4 aromatic rings. The van der Waals surface area contributed by atoms with Crippen molar-refractivity contribution in [2.24, 2.45) is 0 Å². The van der Waals surface area contributed by atoms with Gasteiger partial charge in [-0.05, 0) is 36.4 Å². The fourth-order valence-electron chi connectivity index (χ4n) is 2.08. The van der Waals surface area contributed by atoms with Crippen molar-refractivity contribution in [1.82, 2.24) is 15.2 Å². The van der Waals surface area contributed by atoms with Gasteiger partial charge in [0.15, 0.2) is 0 Å². The van der Waals surface area contributed by atoms with E-state index in [-0.39, 0.29) is 0 Å². The van der Waals surface area contributed by atoms with Crippen LogP contribution < -0.4 is 0 Å². The van der Waals surface area contributed by atoms with E-state index in [1.807, 2.05) is 42.5 Å². The fourth-order valence-corrected chi connectivity index (χ4v) is 4.07. The van der Waals surface area contributed by atoms with Crippen LogP contribution in [0.1, 0.15) is 5.01 Å². The average Bonchev–Trinajstić information content (AvgIpc) is 3.20. The SMILES string of the molecule is Brc1ccc(-c2nnc(SCc3nc4ccccc4s3)o2)cc1. The molecule has 0 radical (unpaired) electrons. The lowest BCUT2D eigenvalue weighted by Crippen LogP contribution is -1.78. The maximum atomic E-state index is 5.71. The second-order valence-electron chi connectivity index (χ2n) is 4.74. The van der Waals surface area contributed by atoms with Gasteiger partial charge in [-0.3, -0.25) is 0 Å². The minimum absolute atomic E-state index is 0.532. The molecule has 0 aliphatic heterocycles. The monoisotopic (exact) mass is 403 g/mol. The number of rotatable bonds is 4. The molecule has 23 heavy (non-hydrogen) atoms. The minimum Gasteiger partial charge on any atom is -0.411 e. The van der Waals surface area contributed by atoms with Gasteiger partial charge in [0, 0.05) is 10.0 Å². The maximum absolute atomic E-state index is 5.71. The molecule has 0 saturated carbocycles. The number of nitrogens with zero attached hydrogens (tertiary/aromatic N) is 3. The van der Waals surface area contributed by atoms with Gasteiger partial charge in [-0.15, -0.1) is 21.5 Å². The van der Waals surface area contributed by atoms with Crippen molar-refractivity contribution in [1.29, 1.82) is 0 Å². The highest BCUT2D eigenvalue weighted by atomic mass is 79.9. The van der Waals surface area contributed by atoms with Crippen LogP contribution in [-0.4, -0.2) is 15.2 Å². The van der Waals surface area contributed by atoms with Crippen LogP contribution >= 0.6 is 39.0 Å². The first kappa shape index (κ1) is 14.9. The molecule has 2 aromatic carbocycles. The average molecular weight is 404 g/mol. The Morgan fingerprint density at radius 3 is 2.70 bits per heavy atom. The standard InChI is InChI=1S/C16H10BrN3OS2/c17-11-7-5-10(6-8-11)15-19-20-16(21-15)22-9-14-18-12-3-1-2-4-13(12)23-14/h1-8H,9H2. The van der Waals surface area contributed by atoms with E-state index in [2.05, 4.69) is 37.2 Å². The highest BCUT2D eigenvalue weighted by molar-refractivity contribution is 9.10. The van der Waals surface area contributed by atoms with E-state index in [0.29, 0.717) is 11.1 Å². The molecule has 7 heteroatoms. The first-order valence-corrected chi connectivity index (χ1v) is 9.44. The number of halogens is 1. The second kappa shape index (κ2) is 6.43. The van der Waals surface area contributed by atoms with Crippen LogP contribution in [0.25, 0.3) is 21.7 Å². The molecule has 2 aromatic heterocycles. The Morgan fingerprint density at radius 2 is 1.87 bits per heavy atom. The van der Waals surface area contributed by atoms with E-state index >= 15 is 0 Å². The Bertz CT molecular complexity index is 916. The van der Waals surface area contributed by atoms with Crippen molar-refractivity contribution in [3.63, 3.8) is 0 Å². The number of thiazole rings is 1. The van der Waals surface area contributed by atoms with E-state index in [1.165, 1.54) is 16.5 Å². The van der Waals surface area contributed by atoms with Crippen molar-refractivity contribution in [3.05, 3.63) is 58.0 Å². The fraction of sp³-hybridized carbons (Fsp3) is 0.0625. The topological polar surface area (TPSA) is 51.8 Å². The Labute approximate surface area is 149 Å². The van der Waals surface area contributed by atoms with E-state index < -0.39 is 0 Å². The number of hydrogen-bond donors (Lipinski definition) is 0. The third kappa shape index (κ3) is 3.31. The summed E-state index contributed by atoms with van der Waals surface area (Å²) in [4.78, 5) is 4.61. The molecule has 0 saturated heterocycles. The number of fused-ring (bicyclic) bond motifs is 1. The summed E-state index contributed by atoms with van der Waals surface area (Å²) in [5.41, 5.74) is 1.95. The highest BCUT2D eigenvalue weighted by Gasteiger charge is 2.11. The van der Waals surface area contributed by atoms with Gasteiger partial charge in [-0.1, -0.05) is 39.8 Å². The number of thioether (sulfide) groups is 1. The van der Waals surface area contributed by atoms with E-state index in [0.717, 1.165) is 26.3 Å². The highest BCUT2D eigenvalue weighted by Crippen LogP contribution is 2.29. The Morgan fingerprint density at radius 1 is 1.04 bits per heavy atom. The van der Waals surface area contributed by atoms with Gasteiger partial charge in [0.05, 0.1) is 16.0 Å². The largest absolute Gasteiger partial charge is 0.411 e. The van der Waals surface area contributed by atoms with Crippen LogP contribution in [-0.2, 0) is 5.75 Å². The predicted octanol–water partition coefficient (Wildman–Crippen LogP) is 5.40. The van der Waals surface area contributed by atoms with E-state index in [4.69, 9.17) is 4.42 Å². The van der Waals surface area contributed by atoms with Crippen LogP contribution in [0, 0.1) is 0 Å². The van der Waals surface area contributed by atoms with Crippen LogP contribution in [0.5, 0.6) is 0 Å². The summed E-state index contributed by atoms with van der Waals surface area (Å²) in [7, 11) is 0. The van der Waals surface area contributed by atoms with Crippen molar-refractivity contribution in [2.45, 2.75) is 11.0 Å². The van der Waals surface area contributed by atoms with Gasteiger partial charge in [-0.25, -0.2) is 4.98 Å². The van der Waals surface area contributed by atoms with E-state index in [9.17, 15) is 0 Å². The number of para-hydroxylation sites is 1. The van der Waals surface area contributed by atoms with Crippen molar-refractivity contribution in [3.8, 4) is 11.5 Å². The number of hydrogen-bond acceptors (Lipinski definition) is 6. The first-order chi connectivity index (χ1) is 11.3. The van der Waals surface area contributed by atoms with E-state index in [1.54, 1.807) is 11.3 Å². The zero-order valence-corrected chi connectivity index (χ0v) is 15.0. The van der Waals surface area contributed by atoms with Crippen LogP contribution in [0.4, 0.5) is 0 Å². The molecule has 0 amide bonds. The number of aromatic nitrogens is 3. The molecule has 0 aliphatic carbocycles. The van der Waals surface area contributed by atoms with Crippen molar-refractivity contribution >= 4 is 49.2 Å². The minimum atomic E-state index is 0.532. The molecule has 4 rings (SSSR count). The smallest absolute Gasteiger partial charge is 0.277 e. The molecule has 0 N–H and O–H groups in total. The molecule has 0 atom stereocenters. The molecule has 2 heterocycles. The molecule has 0 aliphatic rings. The third-order valence-corrected chi connectivity index (χ3v) is 5.73. The van der Waals surface area contributed by atoms with Crippen LogP contribution in [0.3, 0.4) is 0 Å². The lowest BCUT2D eigenvalue weighted by atomic mass is 10.2. The zero-order chi connectivity index (χ0) is 15.6. The molecule has 114 valence electrons. The molecular weight excluding hydrogens is 394 g/mol. The Kier molecular flexibility index (Phi) is 4.15. The summed E-state index contributed by atoms with van der Waals surface area (Å²) in [6, 6.07) is 15.9. The zero-order valence-electron chi connectivity index (χ0n) is 11.8. The van der Waals surface area contributed by atoms with Crippen LogP contribution in [0.2, 0.25) is 0 Å². The summed E-state index contributed by atoms with van der Waals surface area (Å²) >= 11 is 6.61. The molecular formula is C16H10BrN3OS2. The van der Waals surface area contributed by atoms with Gasteiger partial charge in [0.1, 0.15) is 5.01 Å². The molecule has 0 spiro atoms.